The van der Waals surface area contributed by atoms with Crippen LogP contribution in [-0.2, 0) is 0 Å². The lowest BCUT2D eigenvalue weighted by molar-refractivity contribution is 0.473. The molecule has 20 heavy (non-hydrogen) atoms. The van der Waals surface area contributed by atoms with Crippen LogP contribution in [0.4, 0.5) is 4.39 Å². The van der Waals surface area contributed by atoms with Crippen molar-refractivity contribution in [2.45, 2.75) is 25.9 Å². The van der Waals surface area contributed by atoms with Gasteiger partial charge >= 0.3 is 0 Å². The van der Waals surface area contributed by atoms with Crippen LogP contribution >= 0.6 is 31.9 Å². The fourth-order valence-corrected chi connectivity index (χ4v) is 2.94. The molecule has 2 atom stereocenters. The molecule has 0 heterocycles. The second-order valence-corrected chi connectivity index (χ2v) is 6.66. The molecule has 0 saturated carbocycles. The van der Waals surface area contributed by atoms with Crippen LogP contribution in [0.25, 0.3) is 0 Å². The van der Waals surface area contributed by atoms with Crippen molar-refractivity contribution in [2.75, 3.05) is 0 Å². The Kier molecular flexibility index (Phi) is 5.35. The van der Waals surface area contributed by atoms with Crippen molar-refractivity contribution < 1.29 is 4.39 Å². The molecule has 0 amide bonds. The van der Waals surface area contributed by atoms with Crippen molar-refractivity contribution in [1.29, 1.82) is 0 Å². The van der Waals surface area contributed by atoms with Gasteiger partial charge in [0.25, 0.3) is 0 Å². The first-order valence-corrected chi connectivity index (χ1v) is 8.02. The molecule has 1 unspecified atom stereocenters. The van der Waals surface area contributed by atoms with Crippen molar-refractivity contribution in [3.05, 3.63) is 68.4 Å². The molecular weight excluding hydrogens is 385 g/mol. The average Bonchev–Trinajstić information content (AvgIpc) is 2.38. The Hall–Kier alpha value is -0.710. The molecule has 2 rings (SSSR count). The van der Waals surface area contributed by atoms with Gasteiger partial charge in [-0.3, -0.25) is 0 Å². The average molecular weight is 401 g/mol. The quantitative estimate of drug-likeness (QED) is 0.687. The molecule has 2 aromatic carbocycles. The lowest BCUT2D eigenvalue weighted by Crippen LogP contribution is -2.23. The van der Waals surface area contributed by atoms with E-state index in [2.05, 4.69) is 56.2 Å². The summed E-state index contributed by atoms with van der Waals surface area (Å²) in [6, 6.07) is 13.4. The first-order valence-electron chi connectivity index (χ1n) is 6.44. The molecule has 0 aromatic heterocycles. The lowest BCUT2D eigenvalue weighted by atomic mass is 10.0. The zero-order chi connectivity index (χ0) is 14.7. The van der Waals surface area contributed by atoms with Crippen LogP contribution in [0.1, 0.15) is 37.1 Å². The van der Waals surface area contributed by atoms with Gasteiger partial charge in [0.1, 0.15) is 5.82 Å². The highest BCUT2D eigenvalue weighted by Gasteiger charge is 2.14. The summed E-state index contributed by atoms with van der Waals surface area (Å²) >= 11 is 6.74. The van der Waals surface area contributed by atoms with Gasteiger partial charge in [0.05, 0.1) is 0 Å². The molecule has 0 fully saturated rings. The van der Waals surface area contributed by atoms with Gasteiger partial charge in [-0.2, -0.15) is 0 Å². The molecule has 106 valence electrons. The third-order valence-electron chi connectivity index (χ3n) is 3.28. The van der Waals surface area contributed by atoms with Gasteiger partial charge in [-0.1, -0.05) is 50.1 Å². The molecule has 4 heteroatoms. The van der Waals surface area contributed by atoms with Gasteiger partial charge < -0.3 is 5.32 Å². The van der Waals surface area contributed by atoms with Crippen LogP contribution in [0, 0.1) is 5.82 Å². The first-order chi connectivity index (χ1) is 9.47. The zero-order valence-corrected chi connectivity index (χ0v) is 14.5. The van der Waals surface area contributed by atoms with Crippen molar-refractivity contribution in [3.63, 3.8) is 0 Å². The van der Waals surface area contributed by atoms with Crippen LogP contribution < -0.4 is 5.32 Å². The van der Waals surface area contributed by atoms with Gasteiger partial charge in [-0.15, -0.1) is 0 Å². The Labute approximate surface area is 135 Å². The van der Waals surface area contributed by atoms with Crippen LogP contribution in [0.15, 0.2) is 51.4 Å². The molecule has 0 saturated heterocycles. The number of hydrogen-bond acceptors (Lipinski definition) is 1. The summed E-state index contributed by atoms with van der Waals surface area (Å²) in [5.74, 6) is -0.194. The summed E-state index contributed by atoms with van der Waals surface area (Å²) < 4.78 is 15.7. The number of rotatable bonds is 4. The van der Waals surface area contributed by atoms with E-state index >= 15 is 0 Å². The highest BCUT2D eigenvalue weighted by Crippen LogP contribution is 2.24. The molecule has 1 N–H and O–H groups in total. The van der Waals surface area contributed by atoms with Gasteiger partial charge in [0.15, 0.2) is 0 Å². The maximum absolute atomic E-state index is 13.9. The van der Waals surface area contributed by atoms with Crippen LogP contribution in [-0.4, -0.2) is 0 Å². The summed E-state index contributed by atoms with van der Waals surface area (Å²) in [6.07, 6.45) is 0. The number of nitrogens with one attached hydrogen (secondary N) is 1. The third-order valence-corrected chi connectivity index (χ3v) is 4.26. The highest BCUT2D eigenvalue weighted by molar-refractivity contribution is 9.10. The van der Waals surface area contributed by atoms with Crippen LogP contribution in [0.5, 0.6) is 0 Å². The van der Waals surface area contributed by atoms with Crippen molar-refractivity contribution in [1.82, 2.24) is 5.32 Å². The number of halogens is 3. The van der Waals surface area contributed by atoms with E-state index in [1.165, 1.54) is 11.6 Å². The Bertz CT molecular complexity index is 601. The molecule has 1 nitrogen and oxygen atoms in total. The monoisotopic (exact) mass is 399 g/mol. The Morgan fingerprint density at radius 3 is 2.30 bits per heavy atom. The third kappa shape index (κ3) is 3.90. The maximum Gasteiger partial charge on any atom is 0.129 e. The maximum atomic E-state index is 13.9. The second-order valence-electron chi connectivity index (χ2n) is 4.83. The molecule has 0 aliphatic carbocycles. The summed E-state index contributed by atoms with van der Waals surface area (Å²) in [5, 5.41) is 3.42. The standard InChI is InChI=1S/C16H16Br2FN/c1-10(12-4-3-5-13(17)8-12)20-11(2)15-7-6-14(18)9-16(15)19/h3-11,20H,1-2H3/t10-,11?/m0/s1. The SMILES string of the molecule is CC(N[C@@H](C)c1cccc(Br)c1)c1ccc(Br)cc1F. The number of benzene rings is 2. The summed E-state index contributed by atoms with van der Waals surface area (Å²) in [5.41, 5.74) is 1.85. The minimum atomic E-state index is -0.194. The van der Waals surface area contributed by atoms with Crippen LogP contribution in [0.2, 0.25) is 0 Å². The topological polar surface area (TPSA) is 12.0 Å². The van der Waals surface area contributed by atoms with Crippen molar-refractivity contribution in [2.24, 2.45) is 0 Å². The Morgan fingerprint density at radius 2 is 1.65 bits per heavy atom. The van der Waals surface area contributed by atoms with E-state index in [-0.39, 0.29) is 17.9 Å². The summed E-state index contributed by atoms with van der Waals surface area (Å²) in [6.45, 7) is 4.05. The summed E-state index contributed by atoms with van der Waals surface area (Å²) in [7, 11) is 0. The molecular formula is C16H16Br2FN. The van der Waals surface area contributed by atoms with Gasteiger partial charge in [-0.25, -0.2) is 4.39 Å². The normalized spacial score (nSPS) is 14.1. The Morgan fingerprint density at radius 1 is 0.950 bits per heavy atom. The minimum absolute atomic E-state index is 0.0583. The largest absolute Gasteiger partial charge is 0.304 e. The predicted octanol–water partition coefficient (Wildman–Crippen LogP) is 5.76. The molecule has 2 aromatic rings. The van der Waals surface area contributed by atoms with Gasteiger partial charge in [0, 0.05) is 26.6 Å². The fraction of sp³-hybridized carbons (Fsp3) is 0.250. The highest BCUT2D eigenvalue weighted by atomic mass is 79.9. The van der Waals surface area contributed by atoms with E-state index in [0.29, 0.717) is 5.56 Å². The zero-order valence-electron chi connectivity index (χ0n) is 11.3. The second kappa shape index (κ2) is 6.83. The van der Waals surface area contributed by atoms with E-state index in [0.717, 1.165) is 8.95 Å². The first kappa shape index (κ1) is 15.7. The molecule has 0 spiro atoms. The molecule has 0 aliphatic heterocycles. The van der Waals surface area contributed by atoms with E-state index in [9.17, 15) is 4.39 Å². The fourth-order valence-electron chi connectivity index (χ4n) is 2.19. The smallest absolute Gasteiger partial charge is 0.129 e. The number of hydrogen-bond donors (Lipinski definition) is 1. The van der Waals surface area contributed by atoms with Gasteiger partial charge in [0.2, 0.25) is 0 Å². The lowest BCUT2D eigenvalue weighted by Gasteiger charge is -2.21. The van der Waals surface area contributed by atoms with Crippen molar-refractivity contribution >= 4 is 31.9 Å². The molecule has 0 bridgehead atoms. The van der Waals surface area contributed by atoms with Crippen LogP contribution in [0.3, 0.4) is 0 Å². The minimum Gasteiger partial charge on any atom is -0.304 e. The Balaban J connectivity index is 2.12. The summed E-state index contributed by atoms with van der Waals surface area (Å²) in [4.78, 5) is 0. The van der Waals surface area contributed by atoms with Crippen molar-refractivity contribution in [3.8, 4) is 0 Å². The van der Waals surface area contributed by atoms with Gasteiger partial charge in [-0.05, 0) is 43.7 Å². The predicted molar refractivity (Wildman–Crippen MR) is 88.2 cm³/mol. The van der Waals surface area contributed by atoms with E-state index < -0.39 is 0 Å². The van der Waals surface area contributed by atoms with E-state index in [4.69, 9.17) is 0 Å². The molecule has 0 radical (unpaired) electrons. The van der Waals surface area contributed by atoms with E-state index in [1.54, 1.807) is 0 Å². The molecule has 0 aliphatic rings. The van der Waals surface area contributed by atoms with E-state index in [1.807, 2.05) is 31.2 Å².